The molecule has 1 atom stereocenters. The topological polar surface area (TPSA) is 86.6 Å². The van der Waals surface area contributed by atoms with Crippen molar-refractivity contribution >= 4 is 11.9 Å². The van der Waals surface area contributed by atoms with Gasteiger partial charge in [0.05, 0.1) is 5.60 Å². The maximum Gasteiger partial charge on any atom is 0.318 e. The number of amides is 1. The second-order valence-corrected chi connectivity index (χ2v) is 4.53. The van der Waals surface area contributed by atoms with E-state index in [4.69, 9.17) is 5.11 Å². The van der Waals surface area contributed by atoms with E-state index in [9.17, 15) is 14.7 Å². The van der Waals surface area contributed by atoms with Crippen molar-refractivity contribution < 1.29 is 19.8 Å². The summed E-state index contributed by atoms with van der Waals surface area (Å²) in [5, 5.41) is 20.8. The Morgan fingerprint density at radius 3 is 1.93 bits per heavy atom. The highest BCUT2D eigenvalue weighted by Crippen LogP contribution is 2.27. The summed E-state index contributed by atoms with van der Waals surface area (Å²) in [5.74, 6) is -1.72. The van der Waals surface area contributed by atoms with Crippen molar-refractivity contribution in [3.63, 3.8) is 0 Å². The van der Waals surface area contributed by atoms with Crippen LogP contribution in [0.3, 0.4) is 0 Å². The first kappa shape index (κ1) is 13.9. The van der Waals surface area contributed by atoms with Crippen molar-refractivity contribution in [2.75, 3.05) is 7.05 Å². The van der Waals surface area contributed by atoms with Crippen molar-refractivity contribution in [1.29, 1.82) is 0 Å². The summed E-state index contributed by atoms with van der Waals surface area (Å²) in [4.78, 5) is 22.4. The molecular formula is C10H19NO4. The van der Waals surface area contributed by atoms with Gasteiger partial charge in [-0.25, -0.2) is 0 Å². The molecule has 0 fully saturated rings. The Kier molecular flexibility index (Phi) is 4.27. The predicted octanol–water partition coefficient (Wildman–Crippen LogP) is 0.374. The van der Waals surface area contributed by atoms with E-state index in [0.717, 1.165) is 0 Å². The molecule has 1 unspecified atom stereocenters. The molecule has 5 nitrogen and oxygen atoms in total. The summed E-state index contributed by atoms with van der Waals surface area (Å²) < 4.78 is 0. The zero-order chi connectivity index (χ0) is 12.3. The van der Waals surface area contributed by atoms with Crippen molar-refractivity contribution in [2.24, 2.45) is 5.41 Å². The lowest BCUT2D eigenvalue weighted by Gasteiger charge is -2.26. The van der Waals surface area contributed by atoms with E-state index < -0.39 is 22.9 Å². The van der Waals surface area contributed by atoms with Crippen LogP contribution in [0.5, 0.6) is 0 Å². The second-order valence-electron chi connectivity index (χ2n) is 4.53. The molecule has 0 bridgehead atoms. The van der Waals surface area contributed by atoms with E-state index in [0.29, 0.717) is 0 Å². The fourth-order valence-corrected chi connectivity index (χ4v) is 1.15. The number of carboxylic acids is 1. The van der Waals surface area contributed by atoms with Crippen LogP contribution >= 0.6 is 0 Å². The Labute approximate surface area is 89.5 Å². The lowest BCUT2D eigenvalue weighted by Crippen LogP contribution is -2.44. The minimum atomic E-state index is -1.48. The number of carboxylic acid groups (broad SMARTS) is 1. The number of hydrogen-bond acceptors (Lipinski definition) is 3. The molecule has 0 aromatic carbocycles. The van der Waals surface area contributed by atoms with E-state index in [1.54, 1.807) is 13.8 Å². The van der Waals surface area contributed by atoms with Gasteiger partial charge >= 0.3 is 5.97 Å². The third kappa shape index (κ3) is 3.87. The summed E-state index contributed by atoms with van der Waals surface area (Å²) in [7, 11) is 1.40. The molecule has 0 aromatic heterocycles. The standard InChI is InChI=1S/C10H19NO4/c1-9(2,15)5-6-10(3,8(13)14)7(12)11-4/h15H,5-6H2,1-4H3,(H,11,12)(H,13,14). The highest BCUT2D eigenvalue weighted by molar-refractivity contribution is 6.01. The third-order valence-corrected chi connectivity index (χ3v) is 2.44. The Balaban J connectivity index is 4.68. The highest BCUT2D eigenvalue weighted by Gasteiger charge is 2.41. The van der Waals surface area contributed by atoms with Gasteiger partial charge in [0.1, 0.15) is 5.41 Å². The van der Waals surface area contributed by atoms with Gasteiger partial charge in [0, 0.05) is 7.05 Å². The van der Waals surface area contributed by atoms with Crippen molar-refractivity contribution in [3.05, 3.63) is 0 Å². The average Bonchev–Trinajstić information content (AvgIpc) is 2.11. The fourth-order valence-electron chi connectivity index (χ4n) is 1.15. The Morgan fingerprint density at radius 1 is 1.20 bits per heavy atom. The number of rotatable bonds is 5. The summed E-state index contributed by atoms with van der Waals surface area (Å²) >= 11 is 0. The molecule has 0 heterocycles. The third-order valence-electron chi connectivity index (χ3n) is 2.44. The number of aliphatic carboxylic acids is 1. The van der Waals surface area contributed by atoms with Crippen molar-refractivity contribution in [1.82, 2.24) is 5.32 Å². The van der Waals surface area contributed by atoms with E-state index in [1.807, 2.05) is 0 Å². The molecule has 0 spiro atoms. The summed E-state index contributed by atoms with van der Waals surface area (Å²) in [5.41, 5.74) is -2.44. The van der Waals surface area contributed by atoms with Gasteiger partial charge in [0.2, 0.25) is 5.91 Å². The molecule has 0 radical (unpaired) electrons. The van der Waals surface area contributed by atoms with Crippen molar-refractivity contribution in [3.8, 4) is 0 Å². The average molecular weight is 217 g/mol. The van der Waals surface area contributed by atoms with Crippen molar-refractivity contribution in [2.45, 2.75) is 39.2 Å². The first-order valence-electron chi connectivity index (χ1n) is 4.81. The Hall–Kier alpha value is -1.10. The molecule has 3 N–H and O–H groups in total. The molecule has 15 heavy (non-hydrogen) atoms. The molecular weight excluding hydrogens is 198 g/mol. The van der Waals surface area contributed by atoms with E-state index in [2.05, 4.69) is 5.32 Å². The minimum Gasteiger partial charge on any atom is -0.480 e. The van der Waals surface area contributed by atoms with Crippen LogP contribution in [0.1, 0.15) is 33.6 Å². The van der Waals surface area contributed by atoms with Gasteiger partial charge in [-0.2, -0.15) is 0 Å². The van der Waals surface area contributed by atoms with Crippen LogP contribution < -0.4 is 5.32 Å². The first-order valence-corrected chi connectivity index (χ1v) is 4.81. The number of nitrogens with one attached hydrogen (secondary N) is 1. The van der Waals surface area contributed by atoms with Crippen LogP contribution in [0.2, 0.25) is 0 Å². The van der Waals surface area contributed by atoms with E-state index >= 15 is 0 Å². The van der Waals surface area contributed by atoms with Gasteiger partial charge in [-0.3, -0.25) is 9.59 Å². The Bertz CT molecular complexity index is 257. The predicted molar refractivity (Wildman–Crippen MR) is 55.3 cm³/mol. The Morgan fingerprint density at radius 2 is 1.67 bits per heavy atom. The molecule has 0 saturated heterocycles. The van der Waals surface area contributed by atoms with E-state index in [-0.39, 0.29) is 12.8 Å². The summed E-state index contributed by atoms with van der Waals surface area (Å²) in [6, 6.07) is 0. The minimum absolute atomic E-state index is 0.103. The molecule has 0 aromatic rings. The lowest BCUT2D eigenvalue weighted by molar-refractivity contribution is -0.155. The molecule has 5 heteroatoms. The molecule has 0 aliphatic carbocycles. The smallest absolute Gasteiger partial charge is 0.318 e. The normalized spacial score (nSPS) is 15.5. The van der Waals surface area contributed by atoms with Gasteiger partial charge < -0.3 is 15.5 Å². The largest absolute Gasteiger partial charge is 0.480 e. The highest BCUT2D eigenvalue weighted by atomic mass is 16.4. The maximum atomic E-state index is 11.4. The van der Waals surface area contributed by atoms with Gasteiger partial charge in [-0.15, -0.1) is 0 Å². The number of carbonyl (C=O) groups excluding carboxylic acids is 1. The molecule has 1 amide bonds. The van der Waals surface area contributed by atoms with E-state index in [1.165, 1.54) is 14.0 Å². The molecule has 88 valence electrons. The van der Waals surface area contributed by atoms with Gasteiger partial charge in [0.15, 0.2) is 0 Å². The number of aliphatic hydroxyl groups is 1. The lowest BCUT2D eigenvalue weighted by atomic mass is 9.81. The van der Waals surface area contributed by atoms with Crippen LogP contribution in [0.25, 0.3) is 0 Å². The second kappa shape index (κ2) is 4.61. The van der Waals surface area contributed by atoms with Crippen LogP contribution in [-0.4, -0.2) is 34.7 Å². The molecule has 0 aliphatic rings. The first-order chi connectivity index (χ1) is 6.63. The maximum absolute atomic E-state index is 11.4. The molecule has 0 aliphatic heterocycles. The summed E-state index contributed by atoms with van der Waals surface area (Å²) in [6.45, 7) is 4.53. The van der Waals surface area contributed by atoms with Crippen LogP contribution in [-0.2, 0) is 9.59 Å². The SMILES string of the molecule is CNC(=O)C(C)(CCC(C)(C)O)C(=O)O. The van der Waals surface area contributed by atoms with Crippen LogP contribution in [0.15, 0.2) is 0 Å². The van der Waals surface area contributed by atoms with Crippen LogP contribution in [0, 0.1) is 5.41 Å². The summed E-state index contributed by atoms with van der Waals surface area (Å²) in [6.07, 6.45) is 0.356. The van der Waals surface area contributed by atoms with Gasteiger partial charge in [-0.05, 0) is 33.6 Å². The molecule has 0 rings (SSSR count). The zero-order valence-electron chi connectivity index (χ0n) is 9.63. The molecule has 0 saturated carbocycles. The number of hydrogen-bond donors (Lipinski definition) is 3. The van der Waals surface area contributed by atoms with Gasteiger partial charge in [0.25, 0.3) is 0 Å². The van der Waals surface area contributed by atoms with Crippen LogP contribution in [0.4, 0.5) is 0 Å². The van der Waals surface area contributed by atoms with Gasteiger partial charge in [-0.1, -0.05) is 0 Å². The quantitative estimate of drug-likeness (QED) is 0.581. The number of carbonyl (C=O) groups is 2. The fraction of sp³-hybridized carbons (Fsp3) is 0.800. The monoisotopic (exact) mass is 217 g/mol. The zero-order valence-corrected chi connectivity index (χ0v) is 9.63.